The second-order valence-electron chi connectivity index (χ2n) is 5.40. The van der Waals surface area contributed by atoms with Gasteiger partial charge in [0.05, 0.1) is 24.9 Å². The molecular formula is C14H26N4O3. The fourth-order valence-corrected chi connectivity index (χ4v) is 2.78. The van der Waals surface area contributed by atoms with Crippen LogP contribution < -0.4 is 16.0 Å². The molecule has 21 heavy (non-hydrogen) atoms. The van der Waals surface area contributed by atoms with Crippen molar-refractivity contribution in [2.75, 3.05) is 33.4 Å². The first-order chi connectivity index (χ1) is 10.2. The fourth-order valence-electron chi connectivity index (χ4n) is 2.78. The van der Waals surface area contributed by atoms with E-state index < -0.39 is 0 Å². The van der Waals surface area contributed by atoms with Crippen LogP contribution in [0.1, 0.15) is 26.2 Å². The fraction of sp³-hybridized carbons (Fsp3) is 0.857. The van der Waals surface area contributed by atoms with Crippen LogP contribution in [-0.4, -0.2) is 63.5 Å². The quantitative estimate of drug-likeness (QED) is 0.339. The Balaban J connectivity index is 1.77. The molecule has 7 nitrogen and oxygen atoms in total. The number of carbonyl (C=O) groups is 1. The second kappa shape index (κ2) is 8.19. The molecule has 2 fully saturated rings. The third-order valence-corrected chi connectivity index (χ3v) is 3.78. The number of carbonyl (C=O) groups excluding carboxylic acids is 1. The van der Waals surface area contributed by atoms with Crippen molar-refractivity contribution in [3.05, 3.63) is 0 Å². The number of hydrogen-bond acceptors (Lipinski definition) is 4. The number of amides is 1. The lowest BCUT2D eigenvalue weighted by Gasteiger charge is -2.22. The minimum absolute atomic E-state index is 0.103. The number of fused-ring (bicyclic) bond motifs is 2. The predicted octanol–water partition coefficient (Wildman–Crippen LogP) is -0.376. The van der Waals surface area contributed by atoms with Gasteiger partial charge in [0.15, 0.2) is 5.96 Å². The lowest BCUT2D eigenvalue weighted by Crippen LogP contribution is -2.47. The molecule has 0 aromatic carbocycles. The number of guanidine groups is 1. The molecule has 3 N–H and O–H groups in total. The summed E-state index contributed by atoms with van der Waals surface area (Å²) in [5.74, 6) is 0.578. The van der Waals surface area contributed by atoms with Gasteiger partial charge in [0.1, 0.15) is 6.54 Å². The molecule has 2 heterocycles. The minimum Gasteiger partial charge on any atom is -0.383 e. The van der Waals surface area contributed by atoms with E-state index in [1.165, 1.54) is 6.42 Å². The van der Waals surface area contributed by atoms with Crippen LogP contribution in [0.15, 0.2) is 4.99 Å². The Hall–Kier alpha value is -1.34. The Labute approximate surface area is 125 Å². The van der Waals surface area contributed by atoms with Crippen molar-refractivity contribution in [2.45, 2.75) is 44.4 Å². The first-order valence-electron chi connectivity index (χ1n) is 7.69. The van der Waals surface area contributed by atoms with Gasteiger partial charge >= 0.3 is 0 Å². The number of nitrogens with zero attached hydrogens (tertiary/aromatic N) is 1. The molecule has 2 bridgehead atoms. The van der Waals surface area contributed by atoms with Gasteiger partial charge in [-0.15, -0.1) is 0 Å². The lowest BCUT2D eigenvalue weighted by atomic mass is 9.96. The summed E-state index contributed by atoms with van der Waals surface area (Å²) < 4.78 is 10.7. The van der Waals surface area contributed by atoms with E-state index >= 15 is 0 Å². The number of methoxy groups -OCH3 is 1. The SMILES string of the molecule is CCNC(=NCC(=O)NCCOC)NC1CC2CCC1O2. The van der Waals surface area contributed by atoms with Crippen LogP contribution in [0.2, 0.25) is 0 Å². The van der Waals surface area contributed by atoms with Crippen LogP contribution in [-0.2, 0) is 14.3 Å². The van der Waals surface area contributed by atoms with Crippen LogP contribution in [0.5, 0.6) is 0 Å². The van der Waals surface area contributed by atoms with Crippen molar-refractivity contribution in [1.82, 2.24) is 16.0 Å². The van der Waals surface area contributed by atoms with Gasteiger partial charge in [-0.1, -0.05) is 0 Å². The molecule has 1 amide bonds. The van der Waals surface area contributed by atoms with Gasteiger partial charge in [-0.3, -0.25) is 4.79 Å². The smallest absolute Gasteiger partial charge is 0.241 e. The zero-order valence-corrected chi connectivity index (χ0v) is 12.9. The first kappa shape index (κ1) is 16.0. The molecule has 0 aromatic heterocycles. The Morgan fingerprint density at radius 1 is 1.38 bits per heavy atom. The molecule has 0 saturated carbocycles. The highest BCUT2D eigenvalue weighted by Gasteiger charge is 2.41. The summed E-state index contributed by atoms with van der Waals surface area (Å²) in [7, 11) is 1.61. The number of rotatable bonds is 7. The summed E-state index contributed by atoms with van der Waals surface area (Å²) >= 11 is 0. The van der Waals surface area contributed by atoms with E-state index in [1.807, 2.05) is 6.92 Å². The van der Waals surface area contributed by atoms with E-state index in [-0.39, 0.29) is 18.6 Å². The molecule has 2 saturated heterocycles. The summed E-state index contributed by atoms with van der Waals surface area (Å²) in [5, 5.41) is 9.30. The van der Waals surface area contributed by atoms with E-state index in [0.717, 1.165) is 19.4 Å². The molecule has 0 radical (unpaired) electrons. The topological polar surface area (TPSA) is 84.0 Å². The Morgan fingerprint density at radius 3 is 2.86 bits per heavy atom. The van der Waals surface area contributed by atoms with Gasteiger partial charge in [0, 0.05) is 20.2 Å². The predicted molar refractivity (Wildman–Crippen MR) is 80.3 cm³/mol. The third kappa shape index (κ3) is 4.86. The van der Waals surface area contributed by atoms with Crippen LogP contribution in [0, 0.1) is 0 Å². The molecular weight excluding hydrogens is 272 g/mol. The number of nitrogens with one attached hydrogen (secondary N) is 3. The van der Waals surface area contributed by atoms with Crippen molar-refractivity contribution in [2.24, 2.45) is 4.99 Å². The Morgan fingerprint density at radius 2 is 2.24 bits per heavy atom. The number of ether oxygens (including phenoxy) is 2. The highest BCUT2D eigenvalue weighted by Crippen LogP contribution is 2.34. The van der Waals surface area contributed by atoms with E-state index in [4.69, 9.17) is 9.47 Å². The lowest BCUT2D eigenvalue weighted by molar-refractivity contribution is -0.119. The maximum absolute atomic E-state index is 11.6. The summed E-state index contributed by atoms with van der Waals surface area (Å²) in [6.07, 6.45) is 3.98. The maximum atomic E-state index is 11.6. The van der Waals surface area contributed by atoms with Gasteiger partial charge in [-0.05, 0) is 26.2 Å². The molecule has 0 aliphatic carbocycles. The van der Waals surface area contributed by atoms with Crippen molar-refractivity contribution < 1.29 is 14.3 Å². The van der Waals surface area contributed by atoms with Crippen LogP contribution in [0.4, 0.5) is 0 Å². The standard InChI is InChI=1S/C14H26N4O3/c1-3-15-14(17-9-13(19)16-6-7-20-2)18-11-8-10-4-5-12(11)21-10/h10-12H,3-9H2,1-2H3,(H,16,19)(H2,15,17,18). The summed E-state index contributed by atoms with van der Waals surface area (Å²) in [6.45, 7) is 3.90. The van der Waals surface area contributed by atoms with Gasteiger partial charge in [0.25, 0.3) is 0 Å². The largest absolute Gasteiger partial charge is 0.383 e. The Kier molecular flexibility index (Phi) is 6.25. The average Bonchev–Trinajstić information content (AvgIpc) is 3.08. The van der Waals surface area contributed by atoms with Crippen molar-refractivity contribution in [3.63, 3.8) is 0 Å². The van der Waals surface area contributed by atoms with Gasteiger partial charge in [0.2, 0.25) is 5.91 Å². The first-order valence-corrected chi connectivity index (χ1v) is 7.69. The molecule has 2 rings (SSSR count). The van der Waals surface area contributed by atoms with Gasteiger partial charge < -0.3 is 25.4 Å². The highest BCUT2D eigenvalue weighted by molar-refractivity contribution is 5.85. The third-order valence-electron chi connectivity index (χ3n) is 3.78. The molecule has 2 aliphatic heterocycles. The maximum Gasteiger partial charge on any atom is 0.241 e. The molecule has 7 heteroatoms. The molecule has 0 aromatic rings. The average molecular weight is 298 g/mol. The number of aliphatic imine (C=N–C) groups is 1. The highest BCUT2D eigenvalue weighted by atomic mass is 16.5. The van der Waals surface area contributed by atoms with Crippen molar-refractivity contribution in [3.8, 4) is 0 Å². The van der Waals surface area contributed by atoms with Crippen LogP contribution >= 0.6 is 0 Å². The summed E-state index contributed by atoms with van der Waals surface area (Å²) in [5.41, 5.74) is 0. The molecule has 3 atom stereocenters. The van der Waals surface area contributed by atoms with Gasteiger partial charge in [-0.25, -0.2) is 4.99 Å². The van der Waals surface area contributed by atoms with Gasteiger partial charge in [-0.2, -0.15) is 0 Å². The van der Waals surface area contributed by atoms with E-state index in [2.05, 4.69) is 20.9 Å². The second-order valence-corrected chi connectivity index (χ2v) is 5.40. The molecule has 120 valence electrons. The normalized spacial score (nSPS) is 27.7. The van der Waals surface area contributed by atoms with E-state index in [9.17, 15) is 4.79 Å². The monoisotopic (exact) mass is 298 g/mol. The minimum atomic E-state index is -0.103. The van der Waals surface area contributed by atoms with E-state index in [1.54, 1.807) is 7.11 Å². The van der Waals surface area contributed by atoms with Crippen molar-refractivity contribution >= 4 is 11.9 Å². The zero-order chi connectivity index (χ0) is 15.1. The van der Waals surface area contributed by atoms with Crippen LogP contribution in [0.25, 0.3) is 0 Å². The summed E-state index contributed by atoms with van der Waals surface area (Å²) in [4.78, 5) is 16.0. The zero-order valence-electron chi connectivity index (χ0n) is 12.9. The molecule has 3 unspecified atom stereocenters. The number of hydrogen-bond donors (Lipinski definition) is 3. The van der Waals surface area contributed by atoms with E-state index in [0.29, 0.717) is 31.3 Å². The Bertz CT molecular complexity index is 375. The summed E-state index contributed by atoms with van der Waals surface area (Å²) in [6, 6.07) is 0.304. The molecule has 2 aliphatic rings. The van der Waals surface area contributed by atoms with Crippen LogP contribution in [0.3, 0.4) is 0 Å². The van der Waals surface area contributed by atoms with Crippen molar-refractivity contribution in [1.29, 1.82) is 0 Å². The molecule has 0 spiro atoms.